The highest BCUT2D eigenvalue weighted by atomic mass is 35.5. The number of nitrogens with one attached hydrogen (secondary N) is 1. The second-order valence-electron chi connectivity index (χ2n) is 4.29. The predicted octanol–water partition coefficient (Wildman–Crippen LogP) is 3.83. The molecule has 1 rings (SSSR count). The minimum Gasteiger partial charge on any atom is -0.358 e. The molecule has 1 N–H and O–H groups in total. The van der Waals surface area contributed by atoms with Crippen molar-refractivity contribution in [3.05, 3.63) is 10.6 Å². The summed E-state index contributed by atoms with van der Waals surface area (Å²) in [6.07, 6.45) is 1.08. The lowest BCUT2D eigenvalue weighted by Crippen LogP contribution is -2.23. The summed E-state index contributed by atoms with van der Waals surface area (Å²) in [6.45, 7) is 8.55. The highest BCUT2D eigenvalue weighted by molar-refractivity contribution is 7.15. The van der Waals surface area contributed by atoms with Crippen molar-refractivity contribution in [2.24, 2.45) is 5.92 Å². The molecule has 0 amide bonds. The van der Waals surface area contributed by atoms with Gasteiger partial charge in [0.2, 0.25) is 0 Å². The summed E-state index contributed by atoms with van der Waals surface area (Å²) in [5, 5.41) is 4.39. The van der Waals surface area contributed by atoms with E-state index in [-0.39, 0.29) is 0 Å². The van der Waals surface area contributed by atoms with Crippen molar-refractivity contribution in [3.63, 3.8) is 0 Å². The number of nitrogens with zero attached hydrogens (tertiary/aromatic N) is 1. The van der Waals surface area contributed by atoms with Crippen LogP contribution in [0.4, 0.5) is 5.13 Å². The van der Waals surface area contributed by atoms with Crippen LogP contribution in [-0.2, 0) is 0 Å². The maximum atomic E-state index is 5.92. The molecule has 0 saturated heterocycles. The Bertz CT molecular complexity index is 290. The Labute approximate surface area is 101 Å². The van der Waals surface area contributed by atoms with E-state index in [0.717, 1.165) is 17.2 Å². The van der Waals surface area contributed by atoms with Gasteiger partial charge in [0.15, 0.2) is 5.13 Å². The summed E-state index contributed by atoms with van der Waals surface area (Å²) in [4.78, 5) is 5.73. The summed E-state index contributed by atoms with van der Waals surface area (Å²) in [5.74, 6) is 1.29. The second kappa shape index (κ2) is 5.71. The summed E-state index contributed by atoms with van der Waals surface area (Å²) < 4.78 is 0. The predicted molar refractivity (Wildman–Crippen MR) is 69.2 cm³/mol. The van der Waals surface area contributed by atoms with Crippen LogP contribution in [0.3, 0.4) is 0 Å². The fraction of sp³-hybridized carbons (Fsp3) is 0.727. The molecular weight excluding hydrogens is 228 g/mol. The van der Waals surface area contributed by atoms with Gasteiger partial charge in [0, 0.05) is 16.8 Å². The SMILES string of the molecule is Cc1nc(NC(CCl)CC(C)C)sc1C. The first-order valence-electron chi connectivity index (χ1n) is 5.29. The first kappa shape index (κ1) is 12.8. The van der Waals surface area contributed by atoms with Crippen molar-refractivity contribution in [2.75, 3.05) is 11.2 Å². The maximum Gasteiger partial charge on any atom is 0.183 e. The molecule has 86 valence electrons. The molecular formula is C11H19ClN2S. The van der Waals surface area contributed by atoms with E-state index < -0.39 is 0 Å². The van der Waals surface area contributed by atoms with Gasteiger partial charge in [0.05, 0.1) is 5.69 Å². The van der Waals surface area contributed by atoms with Crippen molar-refractivity contribution >= 4 is 28.1 Å². The van der Waals surface area contributed by atoms with E-state index in [4.69, 9.17) is 11.6 Å². The van der Waals surface area contributed by atoms with Crippen molar-refractivity contribution in [1.82, 2.24) is 4.98 Å². The van der Waals surface area contributed by atoms with E-state index in [2.05, 4.69) is 31.1 Å². The number of aryl methyl sites for hydroxylation is 2. The zero-order chi connectivity index (χ0) is 11.4. The van der Waals surface area contributed by atoms with Crippen LogP contribution in [0.25, 0.3) is 0 Å². The van der Waals surface area contributed by atoms with E-state index in [1.54, 1.807) is 11.3 Å². The molecule has 0 bridgehead atoms. The quantitative estimate of drug-likeness (QED) is 0.799. The fourth-order valence-corrected chi connectivity index (χ4v) is 2.53. The van der Waals surface area contributed by atoms with Crippen LogP contribution in [0.2, 0.25) is 0 Å². The van der Waals surface area contributed by atoms with Gasteiger partial charge in [-0.25, -0.2) is 4.98 Å². The number of alkyl halides is 1. The highest BCUT2D eigenvalue weighted by Crippen LogP contribution is 2.23. The van der Waals surface area contributed by atoms with Crippen LogP contribution < -0.4 is 5.32 Å². The lowest BCUT2D eigenvalue weighted by molar-refractivity contribution is 0.542. The molecule has 0 spiro atoms. The van der Waals surface area contributed by atoms with Gasteiger partial charge in [-0.1, -0.05) is 13.8 Å². The van der Waals surface area contributed by atoms with Gasteiger partial charge in [-0.15, -0.1) is 22.9 Å². The number of hydrogen-bond acceptors (Lipinski definition) is 3. The standard InChI is InChI=1S/C11H19ClN2S/c1-7(2)5-10(6-12)14-11-13-8(3)9(4)15-11/h7,10H,5-6H2,1-4H3,(H,13,14). The van der Waals surface area contributed by atoms with Crippen LogP contribution in [0, 0.1) is 19.8 Å². The average Bonchev–Trinajstić information content (AvgIpc) is 2.44. The Kier molecular flexibility index (Phi) is 4.87. The summed E-state index contributed by atoms with van der Waals surface area (Å²) in [5.41, 5.74) is 1.11. The van der Waals surface area contributed by atoms with Crippen molar-refractivity contribution in [1.29, 1.82) is 0 Å². The molecule has 1 aromatic heterocycles. The number of thiazole rings is 1. The van der Waals surface area contributed by atoms with Crippen molar-refractivity contribution < 1.29 is 0 Å². The second-order valence-corrected chi connectivity index (χ2v) is 5.80. The minimum absolute atomic E-state index is 0.330. The number of halogens is 1. The zero-order valence-corrected chi connectivity index (χ0v) is 11.4. The van der Waals surface area contributed by atoms with Crippen LogP contribution in [0.1, 0.15) is 30.8 Å². The number of rotatable bonds is 5. The third-order valence-corrected chi connectivity index (χ3v) is 3.67. The van der Waals surface area contributed by atoms with Crippen molar-refractivity contribution in [3.8, 4) is 0 Å². The molecule has 15 heavy (non-hydrogen) atoms. The summed E-state index contributed by atoms with van der Waals surface area (Å²) >= 11 is 7.63. The van der Waals surface area contributed by atoms with Gasteiger partial charge in [-0.2, -0.15) is 0 Å². The Morgan fingerprint density at radius 1 is 1.40 bits per heavy atom. The van der Waals surface area contributed by atoms with E-state index in [0.29, 0.717) is 17.8 Å². The van der Waals surface area contributed by atoms with E-state index in [1.165, 1.54) is 4.88 Å². The Morgan fingerprint density at radius 2 is 2.07 bits per heavy atom. The fourth-order valence-electron chi connectivity index (χ4n) is 1.44. The molecule has 0 fully saturated rings. The number of aromatic nitrogens is 1. The van der Waals surface area contributed by atoms with Crippen LogP contribution in [0.5, 0.6) is 0 Å². The molecule has 0 radical (unpaired) electrons. The molecule has 0 aliphatic heterocycles. The molecule has 1 atom stereocenters. The van der Waals surface area contributed by atoms with Gasteiger partial charge in [0.25, 0.3) is 0 Å². The van der Waals surface area contributed by atoms with Gasteiger partial charge in [-0.3, -0.25) is 0 Å². The Hall–Kier alpha value is -0.280. The van der Waals surface area contributed by atoms with Crippen LogP contribution in [0.15, 0.2) is 0 Å². The summed E-state index contributed by atoms with van der Waals surface area (Å²) in [6, 6.07) is 0.330. The average molecular weight is 247 g/mol. The molecule has 0 saturated carbocycles. The Morgan fingerprint density at radius 3 is 2.47 bits per heavy atom. The first-order chi connectivity index (χ1) is 7.02. The first-order valence-corrected chi connectivity index (χ1v) is 6.64. The molecule has 0 aliphatic carbocycles. The Balaban J connectivity index is 2.58. The topological polar surface area (TPSA) is 24.9 Å². The third kappa shape index (κ3) is 3.99. The lowest BCUT2D eigenvalue weighted by atomic mass is 10.1. The normalized spacial score (nSPS) is 13.2. The zero-order valence-electron chi connectivity index (χ0n) is 9.80. The third-order valence-electron chi connectivity index (χ3n) is 2.30. The number of anilines is 1. The smallest absolute Gasteiger partial charge is 0.183 e. The molecule has 0 aromatic carbocycles. The van der Waals surface area contributed by atoms with E-state index in [1.807, 2.05) is 6.92 Å². The van der Waals surface area contributed by atoms with Crippen LogP contribution in [-0.4, -0.2) is 16.9 Å². The van der Waals surface area contributed by atoms with Gasteiger partial charge in [-0.05, 0) is 26.2 Å². The number of hydrogen-bond donors (Lipinski definition) is 1. The van der Waals surface area contributed by atoms with Crippen LogP contribution >= 0.6 is 22.9 Å². The van der Waals surface area contributed by atoms with Gasteiger partial charge in [0.1, 0.15) is 0 Å². The summed E-state index contributed by atoms with van der Waals surface area (Å²) in [7, 11) is 0. The molecule has 0 aliphatic rings. The maximum absolute atomic E-state index is 5.92. The molecule has 1 aromatic rings. The van der Waals surface area contributed by atoms with Gasteiger partial charge >= 0.3 is 0 Å². The van der Waals surface area contributed by atoms with E-state index in [9.17, 15) is 0 Å². The highest BCUT2D eigenvalue weighted by Gasteiger charge is 2.12. The largest absolute Gasteiger partial charge is 0.358 e. The molecule has 1 heterocycles. The van der Waals surface area contributed by atoms with E-state index >= 15 is 0 Å². The molecule has 2 nitrogen and oxygen atoms in total. The lowest BCUT2D eigenvalue weighted by Gasteiger charge is -2.17. The van der Waals surface area contributed by atoms with Crippen molar-refractivity contribution in [2.45, 2.75) is 40.2 Å². The molecule has 4 heteroatoms. The minimum atomic E-state index is 0.330. The monoisotopic (exact) mass is 246 g/mol. The van der Waals surface area contributed by atoms with Gasteiger partial charge < -0.3 is 5.32 Å². The molecule has 1 unspecified atom stereocenters.